The van der Waals surface area contributed by atoms with Crippen molar-refractivity contribution in [3.8, 4) is 0 Å². The first kappa shape index (κ1) is 30.3. The number of benzene rings is 1. The molecule has 0 saturated heterocycles. The quantitative estimate of drug-likeness (QED) is 0.0918. The molecule has 3 aromatic rings. The number of hydrogen-bond acceptors (Lipinski definition) is 8. The van der Waals surface area contributed by atoms with Crippen LogP contribution in [-0.2, 0) is 41.6 Å². The van der Waals surface area contributed by atoms with Gasteiger partial charge in [0.05, 0.1) is 25.2 Å². The minimum Gasteiger partial charge on any atom is -0.480 e. The molecule has 4 unspecified atom stereocenters. The van der Waals surface area contributed by atoms with Crippen LogP contribution in [0.25, 0.3) is 10.9 Å². The van der Waals surface area contributed by atoms with Gasteiger partial charge < -0.3 is 48.2 Å². The average molecular weight is 570 g/mol. The largest absolute Gasteiger partial charge is 0.480 e. The zero-order chi connectivity index (χ0) is 30.1. The second-order valence-electron chi connectivity index (χ2n) is 9.31. The van der Waals surface area contributed by atoms with Gasteiger partial charge in [-0.2, -0.15) is 0 Å². The van der Waals surface area contributed by atoms with Crippen molar-refractivity contribution in [1.29, 1.82) is 0 Å². The molecule has 0 aliphatic rings. The summed E-state index contributed by atoms with van der Waals surface area (Å²) in [5, 5.41) is 17.6. The highest BCUT2D eigenvalue weighted by molar-refractivity contribution is 5.97. The number of carbonyl (C=O) groups excluding carboxylic acids is 5. The molecule has 0 aliphatic carbocycles. The number of nitrogens with two attached hydrogens (primary N) is 3. The number of fused-ring (bicyclic) bond motifs is 1. The highest BCUT2D eigenvalue weighted by Crippen LogP contribution is 2.19. The molecular weight excluding hydrogens is 538 g/mol. The maximum atomic E-state index is 13.4. The van der Waals surface area contributed by atoms with Crippen LogP contribution in [-0.4, -0.2) is 79.7 Å². The standard InChI is InChI=1S/C25H31N9O7/c26-15(7-20(27)35)22(37)32-18(8-21(28)36)24(39)33-17(5-12-9-30-16-4-2-1-3-14(12)16)23(38)34-19(25(40)41)6-13-10-29-11-31-13/h1-4,9-11,15,17-19,30H,5-8,26H2,(H2,27,35)(H2,28,36)(H,29,31)(H,32,37)(H,33,39)(H,34,38)(H,40,41). The minimum atomic E-state index is -1.56. The maximum Gasteiger partial charge on any atom is 0.326 e. The molecule has 1 aromatic carbocycles. The number of carboxylic acids is 1. The Morgan fingerprint density at radius 3 is 2.10 bits per heavy atom. The van der Waals surface area contributed by atoms with Gasteiger partial charge in [0, 0.05) is 41.8 Å². The Balaban J connectivity index is 1.86. The lowest BCUT2D eigenvalue weighted by atomic mass is 10.0. The van der Waals surface area contributed by atoms with E-state index in [1.165, 1.54) is 12.5 Å². The van der Waals surface area contributed by atoms with Crippen LogP contribution in [0.2, 0.25) is 0 Å². The van der Waals surface area contributed by atoms with Gasteiger partial charge in [0.2, 0.25) is 29.5 Å². The molecule has 3 rings (SSSR count). The number of nitrogens with one attached hydrogen (secondary N) is 5. The van der Waals surface area contributed by atoms with Crippen LogP contribution in [0.5, 0.6) is 0 Å². The number of nitrogens with zero attached hydrogens (tertiary/aromatic N) is 1. The maximum absolute atomic E-state index is 13.4. The number of aromatic nitrogens is 3. The van der Waals surface area contributed by atoms with Crippen LogP contribution in [0, 0.1) is 0 Å². The predicted octanol–water partition coefficient (Wildman–Crippen LogP) is -2.71. The number of H-pyrrole nitrogens is 2. The SMILES string of the molecule is NC(=O)CC(N)C(=O)NC(CC(N)=O)C(=O)NC(Cc1c[nH]c2ccccc12)C(=O)NC(Cc1cnc[nH]1)C(=O)O. The normalized spacial score (nSPS) is 13.9. The van der Waals surface area contributed by atoms with Gasteiger partial charge in [-0.1, -0.05) is 18.2 Å². The Morgan fingerprint density at radius 2 is 1.46 bits per heavy atom. The van der Waals surface area contributed by atoms with Crippen molar-refractivity contribution >= 4 is 46.4 Å². The van der Waals surface area contributed by atoms with E-state index in [-0.39, 0.29) is 12.8 Å². The lowest BCUT2D eigenvalue weighted by Gasteiger charge is -2.24. The van der Waals surface area contributed by atoms with Crippen LogP contribution >= 0.6 is 0 Å². The molecule has 2 aromatic heterocycles. The van der Waals surface area contributed by atoms with Crippen molar-refractivity contribution in [1.82, 2.24) is 30.9 Å². The van der Waals surface area contributed by atoms with Crippen LogP contribution in [0.3, 0.4) is 0 Å². The monoisotopic (exact) mass is 569 g/mol. The van der Waals surface area contributed by atoms with Gasteiger partial charge in [-0.05, 0) is 11.6 Å². The molecule has 218 valence electrons. The van der Waals surface area contributed by atoms with Crippen LogP contribution in [0.15, 0.2) is 43.0 Å². The lowest BCUT2D eigenvalue weighted by molar-refractivity contribution is -0.142. The summed E-state index contributed by atoms with van der Waals surface area (Å²) in [5.41, 5.74) is 17.8. The molecule has 0 bridgehead atoms. The number of imidazole rings is 1. The Labute approximate surface area is 232 Å². The molecule has 0 radical (unpaired) electrons. The van der Waals surface area contributed by atoms with Gasteiger partial charge in [-0.3, -0.25) is 24.0 Å². The van der Waals surface area contributed by atoms with E-state index in [0.29, 0.717) is 11.3 Å². The third-order valence-electron chi connectivity index (χ3n) is 6.12. The second-order valence-corrected chi connectivity index (χ2v) is 9.31. The first-order valence-corrected chi connectivity index (χ1v) is 12.4. The van der Waals surface area contributed by atoms with E-state index >= 15 is 0 Å². The van der Waals surface area contributed by atoms with E-state index in [4.69, 9.17) is 17.2 Å². The predicted molar refractivity (Wildman–Crippen MR) is 143 cm³/mol. The van der Waals surface area contributed by atoms with E-state index in [1.54, 1.807) is 18.3 Å². The molecule has 2 heterocycles. The lowest BCUT2D eigenvalue weighted by Crippen LogP contribution is -2.58. The smallest absolute Gasteiger partial charge is 0.326 e. The van der Waals surface area contributed by atoms with E-state index in [1.807, 2.05) is 12.1 Å². The van der Waals surface area contributed by atoms with Crippen LogP contribution < -0.4 is 33.2 Å². The average Bonchev–Trinajstić information content (AvgIpc) is 3.56. The third kappa shape index (κ3) is 8.62. The molecule has 16 heteroatoms. The summed E-state index contributed by atoms with van der Waals surface area (Å²) in [7, 11) is 0. The van der Waals surface area contributed by atoms with Gasteiger partial charge in [0.1, 0.15) is 18.1 Å². The minimum absolute atomic E-state index is 0.0869. The number of hydrogen-bond donors (Lipinski definition) is 9. The molecule has 0 spiro atoms. The van der Waals surface area contributed by atoms with Crippen molar-refractivity contribution in [3.63, 3.8) is 0 Å². The first-order chi connectivity index (χ1) is 19.4. The highest BCUT2D eigenvalue weighted by atomic mass is 16.4. The number of carboxylic acid groups (broad SMARTS) is 1. The molecule has 0 saturated carbocycles. The summed E-state index contributed by atoms with van der Waals surface area (Å²) in [4.78, 5) is 83.5. The fourth-order valence-corrected chi connectivity index (χ4v) is 4.09. The number of rotatable bonds is 15. The molecule has 12 N–H and O–H groups in total. The zero-order valence-corrected chi connectivity index (χ0v) is 21.8. The number of carbonyl (C=O) groups is 6. The fraction of sp³-hybridized carbons (Fsp3) is 0.320. The van der Waals surface area contributed by atoms with Gasteiger partial charge in [-0.15, -0.1) is 0 Å². The molecular formula is C25H31N9O7. The Morgan fingerprint density at radius 1 is 0.829 bits per heavy atom. The highest BCUT2D eigenvalue weighted by Gasteiger charge is 2.32. The summed E-state index contributed by atoms with van der Waals surface area (Å²) in [5.74, 6) is -5.89. The number of primary amides is 2. The van der Waals surface area contributed by atoms with E-state index in [0.717, 1.165) is 10.9 Å². The van der Waals surface area contributed by atoms with E-state index in [2.05, 4.69) is 30.9 Å². The fourth-order valence-electron chi connectivity index (χ4n) is 4.09. The summed E-state index contributed by atoms with van der Waals surface area (Å²) in [6, 6.07) is 1.51. The number of para-hydroxylation sites is 1. The summed E-state index contributed by atoms with van der Waals surface area (Å²) in [6.45, 7) is 0. The van der Waals surface area contributed by atoms with Crippen molar-refractivity contribution in [2.75, 3.05) is 0 Å². The van der Waals surface area contributed by atoms with Crippen molar-refractivity contribution in [2.24, 2.45) is 17.2 Å². The molecule has 4 atom stereocenters. The van der Waals surface area contributed by atoms with Crippen molar-refractivity contribution in [2.45, 2.75) is 49.9 Å². The summed E-state index contributed by atoms with van der Waals surface area (Å²) < 4.78 is 0. The zero-order valence-electron chi connectivity index (χ0n) is 21.8. The molecule has 16 nitrogen and oxygen atoms in total. The van der Waals surface area contributed by atoms with Gasteiger partial charge >= 0.3 is 5.97 Å². The van der Waals surface area contributed by atoms with Gasteiger partial charge in [0.25, 0.3) is 0 Å². The first-order valence-electron chi connectivity index (χ1n) is 12.4. The van der Waals surface area contributed by atoms with Crippen LogP contribution in [0.4, 0.5) is 0 Å². The van der Waals surface area contributed by atoms with E-state index in [9.17, 15) is 33.9 Å². The topological polar surface area (TPSA) is 281 Å². The Kier molecular flexibility index (Phi) is 10.1. The van der Waals surface area contributed by atoms with Gasteiger partial charge in [0.15, 0.2) is 0 Å². The molecule has 0 aliphatic heterocycles. The summed E-state index contributed by atoms with van der Waals surface area (Å²) in [6.07, 6.45) is 3.03. The van der Waals surface area contributed by atoms with Crippen molar-refractivity contribution in [3.05, 3.63) is 54.2 Å². The van der Waals surface area contributed by atoms with E-state index < -0.39 is 72.5 Å². The van der Waals surface area contributed by atoms with Gasteiger partial charge in [-0.25, -0.2) is 9.78 Å². The Bertz CT molecular complexity index is 1420. The number of aliphatic carboxylic acids is 1. The number of aromatic amines is 2. The Hall–Kier alpha value is -5.25. The van der Waals surface area contributed by atoms with Crippen molar-refractivity contribution < 1.29 is 33.9 Å². The van der Waals surface area contributed by atoms with Crippen LogP contribution in [0.1, 0.15) is 24.1 Å². The third-order valence-corrected chi connectivity index (χ3v) is 6.12. The summed E-state index contributed by atoms with van der Waals surface area (Å²) >= 11 is 0. The molecule has 0 fully saturated rings. The molecule has 41 heavy (non-hydrogen) atoms. The number of amides is 5. The molecule has 5 amide bonds. The second kappa shape index (κ2) is 13.7.